The molecule has 5 nitrogen and oxygen atoms in total. The van der Waals surface area contributed by atoms with Gasteiger partial charge in [0.1, 0.15) is 18.0 Å². The van der Waals surface area contributed by atoms with Gasteiger partial charge in [-0.05, 0) is 24.3 Å². The normalized spacial score (nSPS) is 10.6. The Balaban J connectivity index is 2.55. The van der Waals surface area contributed by atoms with Crippen molar-refractivity contribution in [2.75, 3.05) is 6.54 Å². The minimum absolute atomic E-state index is 0.0437. The molecule has 0 saturated carbocycles. The molecule has 0 saturated heterocycles. The van der Waals surface area contributed by atoms with Crippen LogP contribution in [0.4, 0.5) is 13.2 Å². The first-order chi connectivity index (χ1) is 8.40. The van der Waals surface area contributed by atoms with E-state index in [1.807, 2.05) is 0 Å². The highest BCUT2D eigenvalue weighted by atomic mass is 19.4. The predicted octanol–water partition coefficient (Wildman–Crippen LogP) is 1.24. The number of hydrogen-bond donors (Lipinski definition) is 1. The van der Waals surface area contributed by atoms with Gasteiger partial charge in [0.2, 0.25) is 6.41 Å². The summed E-state index contributed by atoms with van der Waals surface area (Å²) < 4.78 is 43.9. The minimum Gasteiger partial charge on any atom is -0.425 e. The van der Waals surface area contributed by atoms with Crippen LogP contribution in [0, 0.1) is 0 Å². The number of rotatable bonds is 5. The zero-order valence-corrected chi connectivity index (χ0v) is 8.86. The fourth-order valence-electron chi connectivity index (χ4n) is 1.00. The van der Waals surface area contributed by atoms with Gasteiger partial charge in [-0.15, -0.1) is 13.2 Å². The van der Waals surface area contributed by atoms with Crippen molar-refractivity contribution in [3.8, 4) is 11.5 Å². The van der Waals surface area contributed by atoms with E-state index in [0.717, 1.165) is 24.3 Å². The van der Waals surface area contributed by atoms with Gasteiger partial charge in [-0.2, -0.15) is 0 Å². The first kappa shape index (κ1) is 13.8. The highest BCUT2D eigenvalue weighted by Crippen LogP contribution is 2.24. The number of alkyl halides is 3. The molecule has 0 heterocycles. The lowest BCUT2D eigenvalue weighted by atomic mass is 10.3. The van der Waals surface area contributed by atoms with Crippen LogP contribution in [0.25, 0.3) is 0 Å². The Bertz CT molecular complexity index is 416. The molecule has 8 heteroatoms. The molecule has 18 heavy (non-hydrogen) atoms. The largest absolute Gasteiger partial charge is 0.573 e. The van der Waals surface area contributed by atoms with Crippen LogP contribution in [0.15, 0.2) is 24.3 Å². The van der Waals surface area contributed by atoms with Gasteiger partial charge in [0.15, 0.2) is 0 Å². The number of amides is 1. The van der Waals surface area contributed by atoms with Crippen molar-refractivity contribution < 1.29 is 32.2 Å². The average Bonchev–Trinajstić information content (AvgIpc) is 2.27. The van der Waals surface area contributed by atoms with Gasteiger partial charge in [-0.3, -0.25) is 4.79 Å². The average molecular weight is 263 g/mol. The van der Waals surface area contributed by atoms with E-state index in [0.29, 0.717) is 6.41 Å². The summed E-state index contributed by atoms with van der Waals surface area (Å²) in [7, 11) is 0. The maximum absolute atomic E-state index is 11.8. The number of carbonyl (C=O) groups is 2. The zero-order valence-electron chi connectivity index (χ0n) is 8.86. The van der Waals surface area contributed by atoms with Crippen molar-refractivity contribution in [3.05, 3.63) is 24.3 Å². The highest BCUT2D eigenvalue weighted by Gasteiger charge is 2.30. The molecular formula is C10H8F3NO4. The van der Waals surface area contributed by atoms with E-state index in [4.69, 9.17) is 4.74 Å². The van der Waals surface area contributed by atoms with Crippen LogP contribution >= 0.6 is 0 Å². The Morgan fingerprint density at radius 3 is 2.28 bits per heavy atom. The van der Waals surface area contributed by atoms with Crippen LogP contribution in [-0.4, -0.2) is 25.3 Å². The molecule has 1 amide bonds. The second-order valence-electron chi connectivity index (χ2n) is 2.99. The highest BCUT2D eigenvalue weighted by molar-refractivity contribution is 5.76. The molecule has 0 fully saturated rings. The minimum atomic E-state index is -4.77. The second kappa shape index (κ2) is 5.89. The van der Waals surface area contributed by atoms with Gasteiger partial charge >= 0.3 is 12.3 Å². The summed E-state index contributed by atoms with van der Waals surface area (Å²) in [6, 6.07) is 4.28. The lowest BCUT2D eigenvalue weighted by molar-refractivity contribution is -0.274. The summed E-state index contributed by atoms with van der Waals surface area (Å²) in [5, 5.41) is 2.08. The monoisotopic (exact) mass is 263 g/mol. The second-order valence-corrected chi connectivity index (χ2v) is 2.99. The summed E-state index contributed by atoms with van der Waals surface area (Å²) in [5.74, 6) is -1.12. The molecule has 1 aromatic rings. The van der Waals surface area contributed by atoms with E-state index >= 15 is 0 Å². The molecular weight excluding hydrogens is 255 g/mol. The Hall–Kier alpha value is -2.25. The third kappa shape index (κ3) is 5.19. The summed E-state index contributed by atoms with van der Waals surface area (Å²) in [4.78, 5) is 20.9. The van der Waals surface area contributed by atoms with E-state index < -0.39 is 18.1 Å². The molecule has 0 spiro atoms. The Morgan fingerprint density at radius 1 is 1.22 bits per heavy atom. The van der Waals surface area contributed by atoms with Gasteiger partial charge in [-0.1, -0.05) is 0 Å². The van der Waals surface area contributed by atoms with Crippen molar-refractivity contribution in [1.82, 2.24) is 5.32 Å². The van der Waals surface area contributed by atoms with Crippen molar-refractivity contribution >= 4 is 12.4 Å². The molecule has 0 radical (unpaired) electrons. The van der Waals surface area contributed by atoms with E-state index in [9.17, 15) is 22.8 Å². The number of hydrogen-bond acceptors (Lipinski definition) is 4. The third-order valence-corrected chi connectivity index (χ3v) is 1.62. The molecule has 0 atom stereocenters. The van der Waals surface area contributed by atoms with Crippen molar-refractivity contribution in [3.63, 3.8) is 0 Å². The number of nitrogens with one attached hydrogen (secondary N) is 1. The van der Waals surface area contributed by atoms with E-state index in [1.54, 1.807) is 0 Å². The summed E-state index contributed by atoms with van der Waals surface area (Å²) >= 11 is 0. The van der Waals surface area contributed by atoms with Crippen LogP contribution < -0.4 is 14.8 Å². The molecule has 0 aliphatic rings. The molecule has 0 bridgehead atoms. The maximum Gasteiger partial charge on any atom is 0.573 e. The zero-order chi connectivity index (χ0) is 13.6. The van der Waals surface area contributed by atoms with Gasteiger partial charge in [0.25, 0.3) is 0 Å². The molecule has 1 rings (SSSR count). The summed E-state index contributed by atoms with van der Waals surface area (Å²) in [6.07, 6.45) is -4.45. The molecule has 0 aliphatic heterocycles. The van der Waals surface area contributed by atoms with E-state index in [-0.39, 0.29) is 12.3 Å². The smallest absolute Gasteiger partial charge is 0.425 e. The van der Waals surface area contributed by atoms with E-state index in [1.165, 1.54) is 0 Å². The molecule has 1 aromatic carbocycles. The Morgan fingerprint density at radius 2 is 1.78 bits per heavy atom. The number of carbonyl (C=O) groups excluding carboxylic acids is 2. The van der Waals surface area contributed by atoms with Crippen LogP contribution in [0.5, 0.6) is 11.5 Å². The Labute approximate surface area is 99.5 Å². The van der Waals surface area contributed by atoms with Gasteiger partial charge in [-0.25, -0.2) is 4.79 Å². The van der Waals surface area contributed by atoms with Gasteiger partial charge in [0.05, 0.1) is 0 Å². The number of esters is 1. The van der Waals surface area contributed by atoms with Crippen molar-refractivity contribution in [2.24, 2.45) is 0 Å². The molecule has 0 aliphatic carbocycles. The molecule has 98 valence electrons. The van der Waals surface area contributed by atoms with E-state index in [2.05, 4.69) is 10.1 Å². The summed E-state index contributed by atoms with van der Waals surface area (Å²) in [6.45, 7) is -0.329. The predicted molar refractivity (Wildman–Crippen MR) is 52.8 cm³/mol. The SMILES string of the molecule is O=CNCC(=O)Oc1ccc(OC(F)(F)F)cc1. The number of benzene rings is 1. The fraction of sp³-hybridized carbons (Fsp3) is 0.200. The van der Waals surface area contributed by atoms with Gasteiger partial charge < -0.3 is 14.8 Å². The van der Waals surface area contributed by atoms with Crippen molar-refractivity contribution in [2.45, 2.75) is 6.36 Å². The fourth-order valence-corrected chi connectivity index (χ4v) is 1.00. The van der Waals surface area contributed by atoms with Crippen LogP contribution in [0.2, 0.25) is 0 Å². The number of ether oxygens (including phenoxy) is 2. The Kier molecular flexibility index (Phi) is 4.52. The first-order valence-electron chi connectivity index (χ1n) is 4.64. The lowest BCUT2D eigenvalue weighted by Gasteiger charge is -2.09. The topological polar surface area (TPSA) is 64.6 Å². The van der Waals surface area contributed by atoms with Crippen molar-refractivity contribution in [1.29, 1.82) is 0 Å². The standard InChI is InChI=1S/C10H8F3NO4/c11-10(12,13)18-8-3-1-7(2-4-8)17-9(16)5-14-6-15/h1-4,6H,5H2,(H,14,15). The van der Waals surface area contributed by atoms with Crippen LogP contribution in [0.3, 0.4) is 0 Å². The first-order valence-corrected chi connectivity index (χ1v) is 4.64. The molecule has 0 unspecified atom stereocenters. The van der Waals surface area contributed by atoms with Gasteiger partial charge in [0, 0.05) is 0 Å². The molecule has 0 aromatic heterocycles. The third-order valence-electron chi connectivity index (χ3n) is 1.62. The lowest BCUT2D eigenvalue weighted by Crippen LogP contribution is -2.25. The quantitative estimate of drug-likeness (QED) is 0.493. The maximum atomic E-state index is 11.8. The van der Waals surface area contributed by atoms with Crippen LogP contribution in [-0.2, 0) is 9.59 Å². The molecule has 1 N–H and O–H groups in total. The number of halogens is 3. The van der Waals surface area contributed by atoms with Crippen LogP contribution in [0.1, 0.15) is 0 Å². The summed E-state index contributed by atoms with van der Waals surface area (Å²) in [5.41, 5.74) is 0.